The van der Waals surface area contributed by atoms with Crippen LogP contribution in [0.3, 0.4) is 0 Å². The number of unbranched alkanes of at least 4 members (excludes halogenated alkanes) is 46. The minimum Gasteiger partial charge on any atom is -0.756 e. The third-order valence-corrected chi connectivity index (χ3v) is 17.1. The lowest BCUT2D eigenvalue weighted by atomic mass is 10.0. The minimum atomic E-state index is -4.58. The molecule has 468 valence electrons. The summed E-state index contributed by atoms with van der Waals surface area (Å²) >= 11 is 0. The van der Waals surface area contributed by atoms with Crippen LogP contribution in [0.1, 0.15) is 354 Å². The second-order valence-corrected chi connectivity index (χ2v) is 26.7. The molecule has 0 fully saturated rings. The van der Waals surface area contributed by atoms with Crippen molar-refractivity contribution in [3.63, 3.8) is 0 Å². The number of likely N-dealkylation sites (N-methyl/N-ethyl adjacent to an activating group) is 1. The van der Waals surface area contributed by atoms with Crippen molar-refractivity contribution in [3.8, 4) is 0 Å². The number of hydrogen-bond donors (Lipinski definition) is 2. The van der Waals surface area contributed by atoms with Crippen LogP contribution < -0.4 is 10.2 Å². The van der Waals surface area contributed by atoms with Crippen LogP contribution in [-0.2, 0) is 18.4 Å². The van der Waals surface area contributed by atoms with Gasteiger partial charge < -0.3 is 28.8 Å². The molecule has 0 aromatic rings. The van der Waals surface area contributed by atoms with E-state index >= 15 is 0 Å². The zero-order chi connectivity index (χ0) is 57.7. The summed E-state index contributed by atoms with van der Waals surface area (Å²) in [6, 6.07) is -0.801. The van der Waals surface area contributed by atoms with Crippen LogP contribution in [0.25, 0.3) is 0 Å². The highest BCUT2D eigenvalue weighted by atomic mass is 31.2. The molecule has 0 spiro atoms. The number of nitrogens with one attached hydrogen (secondary N) is 1. The molecule has 0 aromatic carbocycles. The fourth-order valence-electron chi connectivity index (χ4n) is 10.7. The van der Waals surface area contributed by atoms with E-state index in [9.17, 15) is 19.4 Å². The van der Waals surface area contributed by atoms with E-state index in [2.05, 4.69) is 55.6 Å². The molecular formula is C70H137N2O6P. The first kappa shape index (κ1) is 77.7. The van der Waals surface area contributed by atoms with Crippen molar-refractivity contribution >= 4 is 13.7 Å². The molecule has 0 heterocycles. The van der Waals surface area contributed by atoms with Crippen molar-refractivity contribution < 1.29 is 32.9 Å². The fourth-order valence-corrected chi connectivity index (χ4v) is 11.4. The molecule has 8 nitrogen and oxygen atoms in total. The second kappa shape index (κ2) is 61.3. The van der Waals surface area contributed by atoms with E-state index in [1.165, 1.54) is 276 Å². The van der Waals surface area contributed by atoms with Gasteiger partial charge in [0.1, 0.15) is 13.2 Å². The predicted octanol–water partition coefficient (Wildman–Crippen LogP) is 21.4. The van der Waals surface area contributed by atoms with Crippen molar-refractivity contribution in [2.24, 2.45) is 0 Å². The van der Waals surface area contributed by atoms with E-state index in [1.54, 1.807) is 0 Å². The number of carbonyl (C=O) groups is 1. The topological polar surface area (TPSA) is 108 Å². The molecule has 0 saturated carbocycles. The summed E-state index contributed by atoms with van der Waals surface area (Å²) in [4.78, 5) is 25.7. The maximum absolute atomic E-state index is 13.1. The van der Waals surface area contributed by atoms with E-state index in [4.69, 9.17) is 9.05 Å². The zero-order valence-electron chi connectivity index (χ0n) is 53.6. The number of rotatable bonds is 65. The molecule has 0 saturated heterocycles. The molecule has 0 radical (unpaired) electrons. The molecule has 0 aliphatic carbocycles. The fraction of sp³-hybridized carbons (Fsp3) is 0.900. The Hall–Kier alpha value is -1.28. The molecule has 1 amide bonds. The average molecular weight is 1130 g/mol. The molecule has 0 bridgehead atoms. The highest BCUT2D eigenvalue weighted by molar-refractivity contribution is 7.45. The van der Waals surface area contributed by atoms with E-state index in [0.29, 0.717) is 23.9 Å². The Labute approximate surface area is 493 Å². The first-order valence-electron chi connectivity index (χ1n) is 34.8. The Morgan fingerprint density at radius 1 is 0.443 bits per heavy atom. The van der Waals surface area contributed by atoms with Gasteiger partial charge >= 0.3 is 0 Å². The van der Waals surface area contributed by atoms with Crippen molar-refractivity contribution in [3.05, 3.63) is 36.5 Å². The number of amides is 1. The molecule has 79 heavy (non-hydrogen) atoms. The van der Waals surface area contributed by atoms with Gasteiger partial charge in [0.05, 0.1) is 39.9 Å². The number of quaternary nitrogens is 1. The summed E-state index contributed by atoms with van der Waals surface area (Å²) in [5.41, 5.74) is 0. The third-order valence-electron chi connectivity index (χ3n) is 16.1. The number of phosphoric acid groups is 1. The van der Waals surface area contributed by atoms with Gasteiger partial charge in [-0.1, -0.05) is 333 Å². The summed E-state index contributed by atoms with van der Waals surface area (Å²) in [6.45, 7) is 4.77. The van der Waals surface area contributed by atoms with Gasteiger partial charge in [-0.2, -0.15) is 0 Å². The lowest BCUT2D eigenvalue weighted by Crippen LogP contribution is -2.46. The molecule has 0 aliphatic rings. The Morgan fingerprint density at radius 2 is 0.734 bits per heavy atom. The van der Waals surface area contributed by atoms with Gasteiger partial charge in [-0.05, 0) is 51.4 Å². The molecule has 9 heteroatoms. The predicted molar refractivity (Wildman–Crippen MR) is 344 cm³/mol. The van der Waals surface area contributed by atoms with Crippen LogP contribution in [0.15, 0.2) is 36.5 Å². The first-order chi connectivity index (χ1) is 38.5. The normalized spacial score (nSPS) is 13.9. The lowest BCUT2D eigenvalue weighted by molar-refractivity contribution is -0.870. The van der Waals surface area contributed by atoms with Gasteiger partial charge in [-0.15, -0.1) is 0 Å². The molecule has 0 aliphatic heterocycles. The highest BCUT2D eigenvalue weighted by Gasteiger charge is 2.24. The molecule has 2 N–H and O–H groups in total. The molecule has 3 unspecified atom stereocenters. The monoisotopic (exact) mass is 1130 g/mol. The van der Waals surface area contributed by atoms with E-state index < -0.39 is 20.0 Å². The Balaban J connectivity index is 4.00. The van der Waals surface area contributed by atoms with Crippen LogP contribution in [0, 0.1) is 0 Å². The first-order valence-corrected chi connectivity index (χ1v) is 36.3. The van der Waals surface area contributed by atoms with Crippen molar-refractivity contribution in [1.29, 1.82) is 0 Å². The van der Waals surface area contributed by atoms with Crippen LogP contribution in [0.5, 0.6) is 0 Å². The Morgan fingerprint density at radius 3 is 1.06 bits per heavy atom. The van der Waals surface area contributed by atoms with Crippen LogP contribution in [0.2, 0.25) is 0 Å². The Bertz CT molecular complexity index is 1380. The maximum Gasteiger partial charge on any atom is 0.268 e. The maximum atomic E-state index is 13.1. The average Bonchev–Trinajstić information content (AvgIpc) is 3.42. The van der Waals surface area contributed by atoms with E-state index in [-0.39, 0.29) is 19.1 Å². The van der Waals surface area contributed by atoms with Gasteiger partial charge in [-0.25, -0.2) is 0 Å². The number of nitrogens with zero attached hydrogens (tertiary/aromatic N) is 1. The molecule has 0 rings (SSSR count). The summed E-state index contributed by atoms with van der Waals surface area (Å²) < 4.78 is 23.5. The quantitative estimate of drug-likeness (QED) is 0.0272. The molecular weight excluding hydrogens is 996 g/mol. The minimum absolute atomic E-state index is 0.0141. The number of phosphoric ester groups is 1. The number of hydrogen-bond acceptors (Lipinski definition) is 6. The van der Waals surface area contributed by atoms with Crippen LogP contribution >= 0.6 is 7.82 Å². The van der Waals surface area contributed by atoms with Crippen molar-refractivity contribution in [1.82, 2.24) is 5.32 Å². The molecule has 0 aromatic heterocycles. The summed E-state index contributed by atoms with van der Waals surface area (Å²) in [6.07, 6.45) is 80.7. The second-order valence-electron chi connectivity index (χ2n) is 25.2. The van der Waals surface area contributed by atoms with Gasteiger partial charge in [0, 0.05) is 6.42 Å². The van der Waals surface area contributed by atoms with E-state index in [1.807, 2.05) is 21.1 Å². The van der Waals surface area contributed by atoms with Gasteiger partial charge in [0.15, 0.2) is 0 Å². The van der Waals surface area contributed by atoms with Crippen molar-refractivity contribution in [2.75, 3.05) is 40.9 Å². The number of aliphatic hydroxyl groups excluding tert-OH is 1. The number of carbonyl (C=O) groups excluding carboxylic acids is 1. The summed E-state index contributed by atoms with van der Waals surface area (Å²) in [5.74, 6) is -0.158. The Kier molecular flexibility index (Phi) is 60.3. The smallest absolute Gasteiger partial charge is 0.268 e. The lowest BCUT2D eigenvalue weighted by Gasteiger charge is -2.30. The number of allylic oxidation sites excluding steroid dienone is 6. The van der Waals surface area contributed by atoms with Crippen molar-refractivity contribution in [2.45, 2.75) is 366 Å². The molecule has 3 atom stereocenters. The third kappa shape index (κ3) is 64.1. The van der Waals surface area contributed by atoms with Gasteiger partial charge in [0.2, 0.25) is 5.91 Å². The van der Waals surface area contributed by atoms with Crippen LogP contribution in [-0.4, -0.2) is 68.5 Å². The standard InChI is InChI=1S/C70H137N2O6P/c1-6-8-10-12-14-16-18-20-22-24-26-28-30-32-33-34-35-36-37-38-39-40-42-44-46-48-50-52-54-56-58-60-62-64-70(74)71-68(67-78-79(75,76)77-66-65-72(3,4)5)69(73)63-61-59-57-55-53-51-49-47-45-43-41-31-29-27-25-23-21-19-17-15-13-11-9-7-2/h18,20,24,26,30,32,68-69,73H,6-17,19,21-23,25,27-29,31,33-67H2,1-5H3,(H-,71,74,75,76)/b20-18-,26-24-,32-30-. The SMILES string of the molecule is CCCCCCC/C=C\C/C=C\C/C=C\CCCCCCCCCCCCCCCCCCCCC(=O)NC(COP(=O)([O-])OCC[N+](C)(C)C)C(O)CCCCCCCCCCCCCCCCCCCCCCCCCC. The number of aliphatic hydroxyl groups is 1. The summed E-state index contributed by atoms with van der Waals surface area (Å²) in [5, 5.41) is 14.1. The van der Waals surface area contributed by atoms with Gasteiger partial charge in [0.25, 0.3) is 7.82 Å². The highest BCUT2D eigenvalue weighted by Crippen LogP contribution is 2.38. The largest absolute Gasteiger partial charge is 0.756 e. The van der Waals surface area contributed by atoms with Gasteiger partial charge in [-0.3, -0.25) is 9.36 Å². The zero-order valence-corrected chi connectivity index (χ0v) is 54.5. The van der Waals surface area contributed by atoms with Crippen LogP contribution in [0.4, 0.5) is 0 Å². The summed E-state index contributed by atoms with van der Waals surface area (Å²) in [7, 11) is 1.32. The van der Waals surface area contributed by atoms with E-state index in [0.717, 1.165) is 51.4 Å².